The third-order valence-electron chi connectivity index (χ3n) is 2.25. The molecule has 0 unspecified atom stereocenters. The number of alkyl halides is 2. The van der Waals surface area contributed by atoms with E-state index in [0.717, 1.165) is 0 Å². The molecular weight excluding hydrogens is 286 g/mol. The van der Waals surface area contributed by atoms with Gasteiger partial charge < -0.3 is 20.0 Å². The summed E-state index contributed by atoms with van der Waals surface area (Å²) in [6.45, 7) is 3.25. The van der Waals surface area contributed by atoms with Crippen molar-refractivity contribution in [2.75, 3.05) is 0 Å². The summed E-state index contributed by atoms with van der Waals surface area (Å²) in [5.41, 5.74) is -0.374. The fraction of sp³-hybridized carbons (Fsp3) is 0.538. The SMILES string of the molecule is Cc1cc(OC(F)F)c(CNC(=O)OC(C)(C)C)[n+]([O-])c1. The fourth-order valence-corrected chi connectivity index (χ4v) is 1.53. The number of hydrogen-bond donors (Lipinski definition) is 1. The summed E-state index contributed by atoms with van der Waals surface area (Å²) in [4.78, 5) is 11.5. The Morgan fingerprint density at radius 3 is 2.62 bits per heavy atom. The molecule has 1 rings (SSSR count). The standard InChI is InChI=1S/C13H18F2N2O4/c1-8-5-10(20-11(14)15)9(17(19)7-8)6-16-12(18)21-13(2,3)4/h5,7,11H,6H2,1-4H3,(H,16,18). The van der Waals surface area contributed by atoms with E-state index in [1.807, 2.05) is 0 Å². The highest BCUT2D eigenvalue weighted by atomic mass is 19.3. The van der Waals surface area contributed by atoms with Crippen LogP contribution in [0.3, 0.4) is 0 Å². The van der Waals surface area contributed by atoms with E-state index in [4.69, 9.17) is 4.74 Å². The van der Waals surface area contributed by atoms with Crippen LogP contribution in [0.5, 0.6) is 5.75 Å². The zero-order chi connectivity index (χ0) is 16.2. The molecule has 1 heterocycles. The van der Waals surface area contributed by atoms with Crippen LogP contribution in [0.25, 0.3) is 0 Å². The topological polar surface area (TPSA) is 74.5 Å². The van der Waals surface area contributed by atoms with E-state index in [2.05, 4.69) is 10.1 Å². The molecule has 0 aliphatic heterocycles. The van der Waals surface area contributed by atoms with Crippen molar-refractivity contribution in [3.05, 3.63) is 28.7 Å². The lowest BCUT2D eigenvalue weighted by Crippen LogP contribution is -2.39. The van der Waals surface area contributed by atoms with E-state index in [0.29, 0.717) is 10.3 Å². The quantitative estimate of drug-likeness (QED) is 0.684. The van der Waals surface area contributed by atoms with Crippen LogP contribution >= 0.6 is 0 Å². The molecular formula is C13H18F2N2O4. The lowest BCUT2D eigenvalue weighted by molar-refractivity contribution is -0.615. The van der Waals surface area contributed by atoms with Crippen LogP contribution < -0.4 is 14.8 Å². The summed E-state index contributed by atoms with van der Waals surface area (Å²) >= 11 is 0. The number of aromatic nitrogens is 1. The monoisotopic (exact) mass is 304 g/mol. The number of nitrogens with zero attached hydrogens (tertiary/aromatic N) is 1. The minimum absolute atomic E-state index is 0.133. The van der Waals surface area contributed by atoms with Crippen LogP contribution in [0, 0.1) is 12.1 Å². The van der Waals surface area contributed by atoms with E-state index >= 15 is 0 Å². The maximum Gasteiger partial charge on any atom is 0.408 e. The number of carbonyl (C=O) groups is 1. The number of carbonyl (C=O) groups excluding carboxylic acids is 1. The normalized spacial score (nSPS) is 11.4. The molecule has 0 bridgehead atoms. The Morgan fingerprint density at radius 2 is 2.10 bits per heavy atom. The van der Waals surface area contributed by atoms with Crippen molar-refractivity contribution in [2.24, 2.45) is 0 Å². The summed E-state index contributed by atoms with van der Waals surface area (Å²) in [5.74, 6) is -0.281. The Bertz CT molecular complexity index is 516. The zero-order valence-electron chi connectivity index (χ0n) is 12.3. The van der Waals surface area contributed by atoms with Gasteiger partial charge >= 0.3 is 12.7 Å². The number of ether oxygens (including phenoxy) is 2. The molecule has 0 spiro atoms. The van der Waals surface area contributed by atoms with Crippen LogP contribution in [0.4, 0.5) is 13.6 Å². The summed E-state index contributed by atoms with van der Waals surface area (Å²) in [6.07, 6.45) is 0.441. The molecule has 118 valence electrons. The number of pyridine rings is 1. The Kier molecular flexibility index (Phi) is 5.28. The number of nitrogens with one attached hydrogen (secondary N) is 1. The van der Waals surface area contributed by atoms with Crippen LogP contribution in [-0.4, -0.2) is 18.3 Å². The van der Waals surface area contributed by atoms with Crippen molar-refractivity contribution in [3.63, 3.8) is 0 Å². The van der Waals surface area contributed by atoms with Gasteiger partial charge in [-0.15, -0.1) is 0 Å². The molecule has 0 aliphatic carbocycles. The molecule has 1 aromatic heterocycles. The highest BCUT2D eigenvalue weighted by Gasteiger charge is 2.21. The summed E-state index contributed by atoms with van der Waals surface area (Å²) < 4.78 is 34.3. The fourth-order valence-electron chi connectivity index (χ4n) is 1.53. The van der Waals surface area contributed by atoms with Gasteiger partial charge in [-0.2, -0.15) is 13.5 Å². The number of rotatable bonds is 4. The molecule has 6 nitrogen and oxygen atoms in total. The van der Waals surface area contributed by atoms with E-state index in [-0.39, 0.29) is 18.0 Å². The number of amides is 1. The molecule has 0 saturated carbocycles. The van der Waals surface area contributed by atoms with Crippen LogP contribution in [-0.2, 0) is 11.3 Å². The first kappa shape index (κ1) is 16.9. The second-order valence-electron chi connectivity index (χ2n) is 5.39. The van der Waals surface area contributed by atoms with E-state index in [1.54, 1.807) is 27.7 Å². The van der Waals surface area contributed by atoms with Gasteiger partial charge in [-0.3, -0.25) is 0 Å². The van der Waals surface area contributed by atoms with Gasteiger partial charge in [0.2, 0.25) is 0 Å². The Labute approximate surface area is 121 Å². The molecule has 0 aliphatic rings. The Hall–Kier alpha value is -2.12. The second kappa shape index (κ2) is 6.55. The van der Waals surface area contributed by atoms with Gasteiger partial charge in [0.05, 0.1) is 0 Å². The summed E-state index contributed by atoms with van der Waals surface area (Å²) in [6, 6.07) is 1.30. The predicted molar refractivity (Wildman–Crippen MR) is 69.8 cm³/mol. The van der Waals surface area contributed by atoms with Crippen LogP contribution in [0.15, 0.2) is 12.3 Å². The maximum absolute atomic E-state index is 12.3. The average Bonchev–Trinajstić information content (AvgIpc) is 2.23. The molecule has 1 amide bonds. The van der Waals surface area contributed by atoms with E-state index in [9.17, 15) is 18.8 Å². The minimum atomic E-state index is -3.06. The third kappa shape index (κ3) is 5.80. The molecule has 0 saturated heterocycles. The molecule has 0 aromatic carbocycles. The van der Waals surface area contributed by atoms with Gasteiger partial charge in [-0.1, -0.05) is 0 Å². The number of aryl methyl sites for hydroxylation is 1. The van der Waals surface area contributed by atoms with Gasteiger partial charge in [-0.05, 0) is 33.8 Å². The van der Waals surface area contributed by atoms with Crippen molar-refractivity contribution in [3.8, 4) is 5.75 Å². The Morgan fingerprint density at radius 1 is 1.48 bits per heavy atom. The molecule has 1 aromatic rings. The van der Waals surface area contributed by atoms with Crippen molar-refractivity contribution in [1.29, 1.82) is 0 Å². The van der Waals surface area contributed by atoms with Crippen LogP contribution in [0.1, 0.15) is 32.0 Å². The van der Waals surface area contributed by atoms with Gasteiger partial charge in [0, 0.05) is 5.56 Å². The Balaban J connectivity index is 2.84. The smallest absolute Gasteiger partial charge is 0.408 e. The van der Waals surface area contributed by atoms with Gasteiger partial charge in [-0.25, -0.2) is 4.79 Å². The molecule has 8 heteroatoms. The third-order valence-corrected chi connectivity index (χ3v) is 2.25. The van der Waals surface area contributed by atoms with E-state index in [1.165, 1.54) is 12.3 Å². The average molecular weight is 304 g/mol. The van der Waals surface area contributed by atoms with Crippen molar-refractivity contribution >= 4 is 6.09 Å². The van der Waals surface area contributed by atoms with Crippen LogP contribution in [0.2, 0.25) is 0 Å². The lowest BCUT2D eigenvalue weighted by Gasteiger charge is -2.19. The highest BCUT2D eigenvalue weighted by molar-refractivity contribution is 5.67. The van der Waals surface area contributed by atoms with Crippen molar-refractivity contribution < 1.29 is 27.8 Å². The lowest BCUT2D eigenvalue weighted by atomic mass is 10.2. The number of halogens is 2. The first-order chi connectivity index (χ1) is 9.58. The summed E-state index contributed by atoms with van der Waals surface area (Å²) in [7, 11) is 0. The van der Waals surface area contributed by atoms with Gasteiger partial charge in [0.15, 0.2) is 11.9 Å². The van der Waals surface area contributed by atoms with Gasteiger partial charge in [0.25, 0.3) is 5.69 Å². The molecule has 21 heavy (non-hydrogen) atoms. The van der Waals surface area contributed by atoms with Crippen molar-refractivity contribution in [1.82, 2.24) is 5.32 Å². The van der Waals surface area contributed by atoms with E-state index < -0.39 is 18.3 Å². The second-order valence-corrected chi connectivity index (χ2v) is 5.39. The minimum Gasteiger partial charge on any atom is -0.618 e. The summed E-state index contributed by atoms with van der Waals surface area (Å²) in [5, 5.41) is 14.1. The molecule has 0 radical (unpaired) electrons. The maximum atomic E-state index is 12.3. The first-order valence-electron chi connectivity index (χ1n) is 6.23. The number of hydrogen-bond acceptors (Lipinski definition) is 4. The number of alkyl carbamates (subject to hydrolysis) is 1. The van der Waals surface area contributed by atoms with Crippen molar-refractivity contribution in [2.45, 2.75) is 46.5 Å². The zero-order valence-corrected chi connectivity index (χ0v) is 12.3. The largest absolute Gasteiger partial charge is 0.618 e. The van der Waals surface area contributed by atoms with Gasteiger partial charge in [0.1, 0.15) is 12.1 Å². The highest BCUT2D eigenvalue weighted by Crippen LogP contribution is 2.19. The molecule has 0 fully saturated rings. The predicted octanol–water partition coefficient (Wildman–Crippen LogP) is 2.25. The first-order valence-corrected chi connectivity index (χ1v) is 6.23. The molecule has 0 atom stereocenters. The molecule has 1 N–H and O–H groups in total.